The van der Waals surface area contributed by atoms with Crippen molar-refractivity contribution in [1.29, 1.82) is 0 Å². The normalized spacial score (nSPS) is 10.4. The first kappa shape index (κ1) is 11.1. The summed E-state index contributed by atoms with van der Waals surface area (Å²) in [6, 6.07) is 0. The number of aryl methyl sites for hydroxylation is 2. The molecule has 2 aromatic heterocycles. The van der Waals surface area contributed by atoms with E-state index in [0.29, 0.717) is 10.2 Å². The average molecular weight is 257 g/mol. The van der Waals surface area contributed by atoms with E-state index >= 15 is 0 Å². The van der Waals surface area contributed by atoms with Crippen LogP contribution in [0.25, 0.3) is 0 Å². The molecule has 0 unspecified atom stereocenters. The minimum Gasteiger partial charge on any atom is -0.296 e. The second kappa shape index (κ2) is 4.23. The van der Waals surface area contributed by atoms with E-state index in [2.05, 4.69) is 15.4 Å². The quantitative estimate of drug-likeness (QED) is 0.895. The van der Waals surface area contributed by atoms with Gasteiger partial charge in [-0.3, -0.25) is 14.8 Å². The van der Waals surface area contributed by atoms with Gasteiger partial charge in [0.2, 0.25) is 0 Å². The molecular weight excluding hydrogens is 248 g/mol. The number of anilines is 1. The van der Waals surface area contributed by atoms with Gasteiger partial charge >= 0.3 is 0 Å². The molecule has 2 aromatic rings. The van der Waals surface area contributed by atoms with Gasteiger partial charge < -0.3 is 0 Å². The van der Waals surface area contributed by atoms with E-state index in [9.17, 15) is 4.79 Å². The monoisotopic (exact) mass is 256 g/mol. The molecule has 0 aliphatic heterocycles. The Morgan fingerprint density at radius 1 is 1.62 bits per heavy atom. The van der Waals surface area contributed by atoms with Gasteiger partial charge in [0.15, 0.2) is 10.8 Å². The van der Waals surface area contributed by atoms with Crippen molar-refractivity contribution in [1.82, 2.24) is 14.8 Å². The first-order valence-electron chi connectivity index (χ1n) is 4.49. The topological polar surface area (TPSA) is 59.8 Å². The zero-order chi connectivity index (χ0) is 11.7. The molecule has 0 saturated carbocycles. The van der Waals surface area contributed by atoms with Crippen LogP contribution in [0, 0.1) is 6.92 Å². The van der Waals surface area contributed by atoms with Crippen molar-refractivity contribution in [3.05, 3.63) is 28.0 Å². The van der Waals surface area contributed by atoms with Gasteiger partial charge in [0.1, 0.15) is 0 Å². The van der Waals surface area contributed by atoms with E-state index in [1.54, 1.807) is 19.4 Å². The summed E-state index contributed by atoms with van der Waals surface area (Å²) in [4.78, 5) is 16.8. The molecule has 0 saturated heterocycles. The summed E-state index contributed by atoms with van der Waals surface area (Å²) in [6.07, 6.45) is 3.27. The number of amides is 1. The first-order valence-corrected chi connectivity index (χ1v) is 5.68. The van der Waals surface area contributed by atoms with E-state index < -0.39 is 0 Å². The van der Waals surface area contributed by atoms with Gasteiger partial charge in [-0.05, 0) is 6.92 Å². The Bertz CT molecular complexity index is 533. The lowest BCUT2D eigenvalue weighted by Crippen LogP contribution is -2.13. The van der Waals surface area contributed by atoms with Crippen molar-refractivity contribution in [2.75, 3.05) is 5.32 Å². The Morgan fingerprint density at radius 3 is 2.88 bits per heavy atom. The molecule has 2 heterocycles. The van der Waals surface area contributed by atoms with Crippen molar-refractivity contribution in [2.24, 2.45) is 7.05 Å². The smallest absolute Gasteiger partial charge is 0.279 e. The summed E-state index contributed by atoms with van der Waals surface area (Å²) in [6.45, 7) is 1.92. The molecule has 84 valence electrons. The summed E-state index contributed by atoms with van der Waals surface area (Å²) in [5, 5.41) is 7.48. The highest BCUT2D eigenvalue weighted by molar-refractivity contribution is 7.15. The van der Waals surface area contributed by atoms with Gasteiger partial charge in [-0.15, -0.1) is 11.3 Å². The number of carbonyl (C=O) groups excluding carboxylic acids is 1. The van der Waals surface area contributed by atoms with E-state index in [1.807, 2.05) is 6.92 Å². The molecule has 2 rings (SSSR count). The summed E-state index contributed by atoms with van der Waals surface area (Å²) in [5.41, 5.74) is 0.206. The Morgan fingerprint density at radius 2 is 2.38 bits per heavy atom. The van der Waals surface area contributed by atoms with Crippen LogP contribution < -0.4 is 5.32 Å². The summed E-state index contributed by atoms with van der Waals surface area (Å²) >= 11 is 7.25. The SMILES string of the molecule is Cc1cnc(NC(=O)c2nn(C)cc2Cl)s1. The van der Waals surface area contributed by atoms with Gasteiger partial charge in [0.05, 0.1) is 5.02 Å². The number of hydrogen-bond acceptors (Lipinski definition) is 4. The Balaban J connectivity index is 2.17. The van der Waals surface area contributed by atoms with Crippen molar-refractivity contribution < 1.29 is 4.79 Å². The van der Waals surface area contributed by atoms with Crippen molar-refractivity contribution in [2.45, 2.75) is 6.92 Å². The average Bonchev–Trinajstić information content (AvgIpc) is 2.73. The fourth-order valence-corrected chi connectivity index (χ4v) is 2.11. The molecule has 0 bridgehead atoms. The number of hydrogen-bond donors (Lipinski definition) is 1. The van der Waals surface area contributed by atoms with E-state index in [-0.39, 0.29) is 11.6 Å². The van der Waals surface area contributed by atoms with Crippen LogP contribution in [-0.4, -0.2) is 20.7 Å². The molecule has 0 aromatic carbocycles. The Labute approximate surface area is 101 Å². The summed E-state index contributed by atoms with van der Waals surface area (Å²) < 4.78 is 1.49. The Kier molecular flexibility index (Phi) is 2.93. The highest BCUT2D eigenvalue weighted by Gasteiger charge is 2.15. The fraction of sp³-hybridized carbons (Fsp3) is 0.222. The van der Waals surface area contributed by atoms with Crippen LogP contribution >= 0.6 is 22.9 Å². The van der Waals surface area contributed by atoms with Gasteiger partial charge in [0, 0.05) is 24.3 Å². The van der Waals surface area contributed by atoms with Crippen molar-refractivity contribution >= 4 is 34.0 Å². The largest absolute Gasteiger partial charge is 0.296 e. The van der Waals surface area contributed by atoms with Gasteiger partial charge in [0.25, 0.3) is 5.91 Å². The molecule has 0 spiro atoms. The molecule has 0 atom stereocenters. The predicted molar refractivity (Wildman–Crippen MR) is 63.0 cm³/mol. The minimum absolute atomic E-state index is 0.206. The predicted octanol–water partition coefficient (Wildman–Crippen LogP) is 2.09. The van der Waals surface area contributed by atoms with Crippen molar-refractivity contribution in [3.63, 3.8) is 0 Å². The first-order chi connectivity index (χ1) is 7.56. The van der Waals surface area contributed by atoms with Crippen LogP contribution in [-0.2, 0) is 7.05 Å². The van der Waals surface area contributed by atoms with E-state index in [0.717, 1.165) is 4.88 Å². The lowest BCUT2D eigenvalue weighted by Gasteiger charge is -1.97. The molecule has 0 fully saturated rings. The highest BCUT2D eigenvalue weighted by Crippen LogP contribution is 2.19. The lowest BCUT2D eigenvalue weighted by atomic mass is 10.4. The number of thiazole rings is 1. The van der Waals surface area contributed by atoms with Crippen LogP contribution in [0.3, 0.4) is 0 Å². The molecule has 0 aliphatic carbocycles. The number of aromatic nitrogens is 3. The third kappa shape index (κ3) is 2.23. The molecule has 0 radical (unpaired) electrons. The van der Waals surface area contributed by atoms with Gasteiger partial charge in [-0.1, -0.05) is 11.6 Å². The molecule has 0 aliphatic rings. The molecule has 16 heavy (non-hydrogen) atoms. The summed E-state index contributed by atoms with van der Waals surface area (Å²) in [7, 11) is 1.70. The lowest BCUT2D eigenvalue weighted by molar-refractivity contribution is 0.102. The maximum absolute atomic E-state index is 11.8. The highest BCUT2D eigenvalue weighted by atomic mass is 35.5. The maximum Gasteiger partial charge on any atom is 0.279 e. The minimum atomic E-state index is -0.347. The van der Waals surface area contributed by atoms with E-state index in [1.165, 1.54) is 16.0 Å². The molecule has 7 heteroatoms. The van der Waals surface area contributed by atoms with Crippen LogP contribution in [0.5, 0.6) is 0 Å². The molecule has 5 nitrogen and oxygen atoms in total. The number of carbonyl (C=O) groups is 1. The second-order valence-corrected chi connectivity index (χ2v) is 4.87. The molecule has 1 amide bonds. The van der Waals surface area contributed by atoms with Gasteiger partial charge in [-0.2, -0.15) is 5.10 Å². The van der Waals surface area contributed by atoms with Crippen LogP contribution in [0.1, 0.15) is 15.4 Å². The van der Waals surface area contributed by atoms with E-state index in [4.69, 9.17) is 11.6 Å². The standard InChI is InChI=1S/C9H9ClN4OS/c1-5-3-11-9(16-5)12-8(15)7-6(10)4-14(2)13-7/h3-4H,1-2H3,(H,11,12,15). The number of nitrogens with zero attached hydrogens (tertiary/aromatic N) is 3. The van der Waals surface area contributed by atoms with Gasteiger partial charge in [-0.25, -0.2) is 4.98 Å². The maximum atomic E-state index is 11.8. The molecular formula is C9H9ClN4OS. The zero-order valence-corrected chi connectivity index (χ0v) is 10.3. The van der Waals surface area contributed by atoms with Crippen LogP contribution in [0.2, 0.25) is 5.02 Å². The Hall–Kier alpha value is -1.40. The number of nitrogens with one attached hydrogen (secondary N) is 1. The fourth-order valence-electron chi connectivity index (χ4n) is 1.18. The van der Waals surface area contributed by atoms with Crippen LogP contribution in [0.15, 0.2) is 12.4 Å². The second-order valence-electron chi connectivity index (χ2n) is 3.23. The number of halogens is 1. The summed E-state index contributed by atoms with van der Waals surface area (Å²) in [5.74, 6) is -0.347. The molecule has 1 N–H and O–H groups in total. The number of rotatable bonds is 2. The van der Waals surface area contributed by atoms with Crippen LogP contribution in [0.4, 0.5) is 5.13 Å². The van der Waals surface area contributed by atoms with Crippen molar-refractivity contribution in [3.8, 4) is 0 Å². The zero-order valence-electron chi connectivity index (χ0n) is 8.69. The third-order valence-corrected chi connectivity index (χ3v) is 2.95. The third-order valence-electron chi connectivity index (χ3n) is 1.84.